The van der Waals surface area contributed by atoms with Crippen LogP contribution in [-0.4, -0.2) is 17.5 Å². The van der Waals surface area contributed by atoms with Crippen molar-refractivity contribution in [2.45, 2.75) is 0 Å². The van der Waals surface area contributed by atoms with Crippen molar-refractivity contribution < 1.29 is 130 Å². The standard InChI is InChI=1S/2Cr.2Na.H2O4S.7O/c;;;;1-5(2,3)4;;;;;;;/h;;;;(H2,1,2,3,4);;;;;;;/q;;2*+1;;;;;;;2*-1. The summed E-state index contributed by atoms with van der Waals surface area (Å²) in [4.78, 5) is 0. The Morgan fingerprint density at radius 3 is 1.00 bits per heavy atom. The maximum absolute atomic E-state index is 9.38. The monoisotopic (exact) mass is 360 g/mol. The van der Waals surface area contributed by atoms with Crippen LogP contribution in [0.25, 0.3) is 0 Å². The molecule has 0 spiro atoms. The van der Waals surface area contributed by atoms with E-state index in [-0.39, 0.29) is 59.1 Å². The van der Waals surface area contributed by atoms with Crippen LogP contribution in [0.4, 0.5) is 0 Å². The van der Waals surface area contributed by atoms with Gasteiger partial charge in [-0.1, -0.05) is 0 Å². The van der Waals surface area contributed by atoms with Crippen molar-refractivity contribution in [2.75, 3.05) is 0 Å². The van der Waals surface area contributed by atoms with Crippen molar-refractivity contribution in [1.29, 1.82) is 0 Å². The fraction of sp³-hybridized carbons (Fsp3) is 0. The van der Waals surface area contributed by atoms with E-state index in [1.165, 1.54) is 0 Å². The fourth-order valence-electron chi connectivity index (χ4n) is 0.102. The molecule has 0 saturated carbocycles. The third-order valence-electron chi connectivity index (χ3n) is 0.167. The molecule has 0 bridgehead atoms. The molecule has 16 heteroatoms. The zero-order valence-corrected chi connectivity index (χ0v) is 15.2. The van der Waals surface area contributed by atoms with Gasteiger partial charge in [0.05, 0.1) is 0 Å². The first-order valence-electron chi connectivity index (χ1n) is 2.03. The molecule has 2 N–H and O–H groups in total. The summed E-state index contributed by atoms with van der Waals surface area (Å²) in [5.74, 6) is 0. The van der Waals surface area contributed by atoms with Crippen LogP contribution in [-0.2, 0) is 55.7 Å². The van der Waals surface area contributed by atoms with E-state index in [1.807, 2.05) is 0 Å². The summed E-state index contributed by atoms with van der Waals surface area (Å²) in [5.41, 5.74) is 0. The summed E-state index contributed by atoms with van der Waals surface area (Å²) < 4.78 is 90.5. The molecule has 0 aliphatic carbocycles. The molecule has 0 aromatic carbocycles. The van der Waals surface area contributed by atoms with Gasteiger partial charge in [0.1, 0.15) is 0 Å². The molecule has 0 aliphatic heterocycles. The van der Waals surface area contributed by atoms with E-state index in [9.17, 15) is 23.5 Å². The van der Waals surface area contributed by atoms with Crippen molar-refractivity contribution >= 4 is 10.4 Å². The van der Waals surface area contributed by atoms with E-state index >= 15 is 0 Å². The van der Waals surface area contributed by atoms with Gasteiger partial charge in [-0.3, -0.25) is 9.11 Å². The molecule has 0 atom stereocenters. The molecule has 0 unspecified atom stereocenters. The topological polar surface area (TPSA) is 198 Å². The molecule has 16 heavy (non-hydrogen) atoms. The predicted octanol–water partition coefficient (Wildman–Crippen LogP) is -9.57. The Kier molecular flexibility index (Phi) is 16.4. The molecule has 0 aromatic rings. The van der Waals surface area contributed by atoms with E-state index in [1.54, 1.807) is 0 Å². The first-order valence-corrected chi connectivity index (χ1v) is 7.59. The Morgan fingerprint density at radius 1 is 0.875 bits per heavy atom. The van der Waals surface area contributed by atoms with Crippen LogP contribution in [0.15, 0.2) is 0 Å². The van der Waals surface area contributed by atoms with Gasteiger partial charge in [-0.25, -0.2) is 0 Å². The Labute approximate surface area is 138 Å². The van der Waals surface area contributed by atoms with E-state index in [0.717, 1.165) is 0 Å². The van der Waals surface area contributed by atoms with Gasteiger partial charge < -0.3 is 0 Å². The summed E-state index contributed by atoms with van der Waals surface area (Å²) in [5, 5.41) is 0. The summed E-state index contributed by atoms with van der Waals surface area (Å²) in [6.07, 6.45) is 0. The molecule has 0 aromatic heterocycles. The SMILES string of the molecule is O=S(=O)(O)O.[Na+].[Na+].[O]=[Cr](=[O])([O-])[O][Cr](=[O])(=[O])[O-]. The van der Waals surface area contributed by atoms with E-state index in [0.29, 0.717) is 0 Å². The van der Waals surface area contributed by atoms with Crippen LogP contribution in [0.5, 0.6) is 0 Å². The van der Waals surface area contributed by atoms with Gasteiger partial charge in [-0.2, -0.15) is 8.42 Å². The second kappa shape index (κ2) is 9.88. The minimum atomic E-state index is -6.07. The van der Waals surface area contributed by atoms with E-state index in [2.05, 4.69) is 2.84 Å². The predicted molar refractivity (Wildman–Crippen MR) is 18.0 cm³/mol. The molecule has 0 rings (SSSR count). The molecule has 0 saturated heterocycles. The Morgan fingerprint density at radius 2 is 1.00 bits per heavy atom. The second-order valence-electron chi connectivity index (χ2n) is 1.33. The number of hydrogen-bond donors (Lipinski definition) is 2. The summed E-state index contributed by atoms with van der Waals surface area (Å²) in [6, 6.07) is 0. The second-order valence-corrected chi connectivity index (χ2v) is 5.87. The molecular weight excluding hydrogens is 358 g/mol. The third kappa shape index (κ3) is 56.2. The zero-order chi connectivity index (χ0) is 12.2. The quantitative estimate of drug-likeness (QED) is 0.350. The van der Waals surface area contributed by atoms with Gasteiger partial charge >= 0.3 is 123 Å². The molecular formula is H2Cr2Na2O11S. The van der Waals surface area contributed by atoms with Gasteiger partial charge in [0.2, 0.25) is 0 Å². The average molecular weight is 360 g/mol. The van der Waals surface area contributed by atoms with Crippen LogP contribution >= 0.6 is 0 Å². The Hall–Kier alpha value is 2.01. The van der Waals surface area contributed by atoms with Crippen LogP contribution in [0.3, 0.4) is 0 Å². The van der Waals surface area contributed by atoms with Crippen LogP contribution in [0, 0.1) is 0 Å². The molecule has 0 radical (unpaired) electrons. The molecule has 11 nitrogen and oxygen atoms in total. The average Bonchev–Trinajstić information content (AvgIpc) is 1.42. The molecule has 0 aliphatic rings. The number of rotatable bonds is 2. The first kappa shape index (κ1) is 26.6. The van der Waals surface area contributed by atoms with Crippen LogP contribution in [0.2, 0.25) is 0 Å². The summed E-state index contributed by atoms with van der Waals surface area (Å²) >= 11 is -12.1. The summed E-state index contributed by atoms with van der Waals surface area (Å²) in [7, 11) is -4.67. The van der Waals surface area contributed by atoms with Crippen LogP contribution in [0.1, 0.15) is 0 Å². The maximum atomic E-state index is 9.38. The molecule has 0 heterocycles. The fourth-order valence-corrected chi connectivity index (χ4v) is 1.74. The zero-order valence-electron chi connectivity index (χ0n) is 7.79. The normalized spacial score (nSPS) is 11.2. The van der Waals surface area contributed by atoms with Crippen molar-refractivity contribution in [2.24, 2.45) is 0 Å². The van der Waals surface area contributed by atoms with Gasteiger partial charge in [-0.15, -0.1) is 0 Å². The van der Waals surface area contributed by atoms with Crippen LogP contribution < -0.4 is 67.4 Å². The number of hydrogen-bond acceptors (Lipinski definition) is 9. The van der Waals surface area contributed by atoms with Crippen molar-refractivity contribution in [3.63, 3.8) is 0 Å². The molecule has 88 valence electrons. The minimum absolute atomic E-state index is 0. The molecule has 0 fully saturated rings. The van der Waals surface area contributed by atoms with E-state index in [4.69, 9.17) is 17.5 Å². The summed E-state index contributed by atoms with van der Waals surface area (Å²) in [6.45, 7) is 0. The Bertz CT molecular complexity index is 414. The van der Waals surface area contributed by atoms with Gasteiger partial charge in [0, 0.05) is 0 Å². The van der Waals surface area contributed by atoms with Gasteiger partial charge in [0.15, 0.2) is 0 Å². The van der Waals surface area contributed by atoms with Gasteiger partial charge in [-0.05, 0) is 0 Å². The van der Waals surface area contributed by atoms with Crippen molar-refractivity contribution in [3.8, 4) is 0 Å². The van der Waals surface area contributed by atoms with E-state index < -0.39 is 37.6 Å². The first-order chi connectivity index (χ1) is 5.71. The van der Waals surface area contributed by atoms with Crippen molar-refractivity contribution in [1.82, 2.24) is 0 Å². The third-order valence-corrected chi connectivity index (χ3v) is 2.83. The molecule has 0 amide bonds. The van der Waals surface area contributed by atoms with Gasteiger partial charge in [0.25, 0.3) is 0 Å². The van der Waals surface area contributed by atoms with Crippen molar-refractivity contribution in [3.05, 3.63) is 0 Å². The Balaban J connectivity index is -0.0000000904.